The minimum absolute atomic E-state index is 0.235. The number of aromatic nitrogens is 1. The van der Waals surface area contributed by atoms with E-state index in [1.165, 1.54) is 19.3 Å². The number of benzene rings is 2. The maximum absolute atomic E-state index is 12.1. The number of carbonyl (C=O) groups excluding carboxylic acids is 3. The zero-order valence-electron chi connectivity index (χ0n) is 16.4. The van der Waals surface area contributed by atoms with Gasteiger partial charge < -0.3 is 20.7 Å². The fourth-order valence-corrected chi connectivity index (χ4v) is 2.55. The van der Waals surface area contributed by atoms with E-state index in [1.54, 1.807) is 42.5 Å². The summed E-state index contributed by atoms with van der Waals surface area (Å²) < 4.78 is 5.70. The normalized spacial score (nSPS) is 10.1. The molecule has 0 radical (unpaired) electrons. The molecule has 3 aromatic rings. The van der Waals surface area contributed by atoms with Crippen molar-refractivity contribution in [1.82, 2.24) is 10.3 Å². The minimum Gasteiger partial charge on any atom is -0.457 e. The number of aryl methyl sites for hydroxylation is 1. The Hall–Kier alpha value is -4.20. The van der Waals surface area contributed by atoms with Crippen LogP contribution in [-0.2, 0) is 9.59 Å². The Labute approximate surface area is 173 Å². The van der Waals surface area contributed by atoms with Gasteiger partial charge in [0.05, 0.1) is 0 Å². The molecular formula is C22H20N4O4. The van der Waals surface area contributed by atoms with Crippen LogP contribution in [0, 0.1) is 6.92 Å². The van der Waals surface area contributed by atoms with Crippen molar-refractivity contribution >= 4 is 29.1 Å². The minimum atomic E-state index is -0.781. The lowest BCUT2D eigenvalue weighted by Gasteiger charge is -2.10. The Morgan fingerprint density at radius 2 is 1.57 bits per heavy atom. The molecule has 0 saturated heterocycles. The number of hydrogen-bond acceptors (Lipinski definition) is 5. The summed E-state index contributed by atoms with van der Waals surface area (Å²) >= 11 is 0. The van der Waals surface area contributed by atoms with Gasteiger partial charge in [-0.2, -0.15) is 0 Å². The summed E-state index contributed by atoms with van der Waals surface area (Å²) in [6.45, 7) is 1.84. The zero-order valence-corrected chi connectivity index (χ0v) is 16.4. The lowest BCUT2D eigenvalue weighted by molar-refractivity contribution is -0.133. The molecule has 0 spiro atoms. The van der Waals surface area contributed by atoms with E-state index < -0.39 is 11.8 Å². The quantitative estimate of drug-likeness (QED) is 0.566. The summed E-state index contributed by atoms with van der Waals surface area (Å²) in [5.41, 5.74) is 2.11. The lowest BCUT2D eigenvalue weighted by atomic mass is 10.2. The van der Waals surface area contributed by atoms with Gasteiger partial charge in [0.15, 0.2) is 0 Å². The van der Waals surface area contributed by atoms with E-state index in [-0.39, 0.29) is 11.6 Å². The van der Waals surface area contributed by atoms with Gasteiger partial charge in [0, 0.05) is 30.7 Å². The van der Waals surface area contributed by atoms with Gasteiger partial charge in [-0.1, -0.05) is 18.2 Å². The predicted octanol–water partition coefficient (Wildman–Crippen LogP) is 3.12. The molecule has 8 nitrogen and oxygen atoms in total. The molecule has 0 saturated carbocycles. The molecule has 3 N–H and O–H groups in total. The van der Waals surface area contributed by atoms with E-state index in [9.17, 15) is 14.4 Å². The van der Waals surface area contributed by atoms with Crippen LogP contribution in [0.2, 0.25) is 0 Å². The van der Waals surface area contributed by atoms with Crippen molar-refractivity contribution in [3.8, 4) is 11.5 Å². The highest BCUT2D eigenvalue weighted by atomic mass is 16.5. The molecule has 0 atom stereocenters. The third kappa shape index (κ3) is 5.20. The fourth-order valence-electron chi connectivity index (χ4n) is 2.55. The Balaban J connectivity index is 1.60. The van der Waals surface area contributed by atoms with Crippen molar-refractivity contribution < 1.29 is 19.1 Å². The third-order valence-corrected chi connectivity index (χ3v) is 4.14. The number of nitrogens with one attached hydrogen (secondary N) is 3. The number of amides is 3. The summed E-state index contributed by atoms with van der Waals surface area (Å²) in [7, 11) is 1.52. The van der Waals surface area contributed by atoms with Crippen LogP contribution >= 0.6 is 0 Å². The SMILES string of the molecule is CNC(=O)c1cc(Oc2ccc(NC(=O)C(=O)Nc3ccccc3C)cc2)ccn1. The molecule has 8 heteroatoms. The Kier molecular flexibility index (Phi) is 6.39. The van der Waals surface area contributed by atoms with Crippen molar-refractivity contribution in [2.45, 2.75) is 6.92 Å². The smallest absolute Gasteiger partial charge is 0.314 e. The first-order chi connectivity index (χ1) is 14.5. The van der Waals surface area contributed by atoms with Gasteiger partial charge in [-0.3, -0.25) is 19.4 Å². The van der Waals surface area contributed by atoms with Gasteiger partial charge in [-0.05, 0) is 48.9 Å². The molecule has 30 heavy (non-hydrogen) atoms. The average molecular weight is 404 g/mol. The molecule has 0 unspecified atom stereocenters. The fraction of sp³-hybridized carbons (Fsp3) is 0.0909. The summed E-state index contributed by atoms with van der Waals surface area (Å²) in [4.78, 5) is 39.9. The number of para-hydroxylation sites is 1. The molecule has 152 valence electrons. The van der Waals surface area contributed by atoms with Crippen LogP contribution in [0.5, 0.6) is 11.5 Å². The van der Waals surface area contributed by atoms with Crippen LogP contribution in [0.15, 0.2) is 66.9 Å². The van der Waals surface area contributed by atoms with E-state index in [0.717, 1.165) is 5.56 Å². The summed E-state index contributed by atoms with van der Waals surface area (Å²) in [5, 5.41) is 7.61. The standard InChI is InChI=1S/C22H20N4O4/c1-14-5-3-4-6-18(14)26-22(29)21(28)25-15-7-9-16(10-8-15)30-17-11-12-24-19(13-17)20(27)23-2/h3-13H,1-2H3,(H,23,27)(H,25,28)(H,26,29). The first kappa shape index (κ1) is 20.5. The predicted molar refractivity (Wildman–Crippen MR) is 113 cm³/mol. The summed E-state index contributed by atoms with van der Waals surface area (Å²) in [5.74, 6) is -0.925. The summed E-state index contributed by atoms with van der Waals surface area (Å²) in [6.07, 6.45) is 1.47. The van der Waals surface area contributed by atoms with Crippen LogP contribution in [-0.4, -0.2) is 29.8 Å². The molecule has 1 heterocycles. The first-order valence-corrected chi connectivity index (χ1v) is 9.10. The topological polar surface area (TPSA) is 109 Å². The van der Waals surface area contributed by atoms with Crippen molar-refractivity contribution in [3.63, 3.8) is 0 Å². The molecule has 2 aromatic carbocycles. The number of pyridine rings is 1. The van der Waals surface area contributed by atoms with E-state index >= 15 is 0 Å². The zero-order chi connectivity index (χ0) is 21.5. The molecule has 3 rings (SSSR count). The van der Waals surface area contributed by atoms with Crippen LogP contribution in [0.3, 0.4) is 0 Å². The maximum atomic E-state index is 12.1. The van der Waals surface area contributed by atoms with Crippen LogP contribution < -0.4 is 20.7 Å². The van der Waals surface area contributed by atoms with Gasteiger partial charge in [-0.25, -0.2) is 0 Å². The maximum Gasteiger partial charge on any atom is 0.314 e. The third-order valence-electron chi connectivity index (χ3n) is 4.14. The molecule has 0 fully saturated rings. The van der Waals surface area contributed by atoms with Crippen LogP contribution in [0.25, 0.3) is 0 Å². The highest BCUT2D eigenvalue weighted by Crippen LogP contribution is 2.23. The number of carbonyl (C=O) groups is 3. The number of rotatable bonds is 5. The van der Waals surface area contributed by atoms with Crippen LogP contribution in [0.1, 0.15) is 16.1 Å². The van der Waals surface area contributed by atoms with Gasteiger partial charge in [0.25, 0.3) is 5.91 Å². The molecule has 0 bridgehead atoms. The van der Waals surface area contributed by atoms with E-state index in [1.807, 2.05) is 19.1 Å². The monoisotopic (exact) mass is 404 g/mol. The number of hydrogen-bond donors (Lipinski definition) is 3. The molecule has 1 aromatic heterocycles. The Bertz CT molecular complexity index is 1080. The summed E-state index contributed by atoms with van der Waals surface area (Å²) in [6, 6.07) is 16.8. The van der Waals surface area contributed by atoms with E-state index in [0.29, 0.717) is 22.9 Å². The molecule has 0 aliphatic heterocycles. The molecular weight excluding hydrogens is 384 g/mol. The lowest BCUT2D eigenvalue weighted by Crippen LogP contribution is -2.29. The molecule has 0 aliphatic rings. The van der Waals surface area contributed by atoms with Crippen molar-refractivity contribution in [2.24, 2.45) is 0 Å². The number of nitrogens with zero attached hydrogens (tertiary/aromatic N) is 1. The van der Waals surface area contributed by atoms with Crippen LogP contribution in [0.4, 0.5) is 11.4 Å². The second kappa shape index (κ2) is 9.33. The number of ether oxygens (including phenoxy) is 1. The first-order valence-electron chi connectivity index (χ1n) is 9.10. The number of anilines is 2. The van der Waals surface area contributed by atoms with Gasteiger partial charge in [0.2, 0.25) is 0 Å². The highest BCUT2D eigenvalue weighted by Gasteiger charge is 2.15. The Morgan fingerprint density at radius 1 is 0.867 bits per heavy atom. The van der Waals surface area contributed by atoms with E-state index in [2.05, 4.69) is 20.9 Å². The molecule has 3 amide bonds. The van der Waals surface area contributed by atoms with Gasteiger partial charge in [0.1, 0.15) is 17.2 Å². The Morgan fingerprint density at radius 3 is 2.27 bits per heavy atom. The molecule has 0 aliphatic carbocycles. The largest absolute Gasteiger partial charge is 0.457 e. The van der Waals surface area contributed by atoms with Gasteiger partial charge >= 0.3 is 11.8 Å². The van der Waals surface area contributed by atoms with Crippen molar-refractivity contribution in [3.05, 3.63) is 78.1 Å². The average Bonchev–Trinajstić information content (AvgIpc) is 2.76. The van der Waals surface area contributed by atoms with Gasteiger partial charge in [-0.15, -0.1) is 0 Å². The second-order valence-corrected chi connectivity index (χ2v) is 6.31. The van der Waals surface area contributed by atoms with Crippen molar-refractivity contribution in [1.29, 1.82) is 0 Å². The highest BCUT2D eigenvalue weighted by molar-refractivity contribution is 6.43. The van der Waals surface area contributed by atoms with E-state index in [4.69, 9.17) is 4.74 Å². The second-order valence-electron chi connectivity index (χ2n) is 6.31. The van der Waals surface area contributed by atoms with Crippen molar-refractivity contribution in [2.75, 3.05) is 17.7 Å².